The Morgan fingerprint density at radius 2 is 2.10 bits per heavy atom. The number of sulfonamides is 1. The maximum Gasteiger partial charge on any atom is 0.243 e. The van der Waals surface area contributed by atoms with Crippen molar-refractivity contribution in [2.24, 2.45) is 11.7 Å². The summed E-state index contributed by atoms with van der Waals surface area (Å²) in [6.07, 6.45) is 4.17. The van der Waals surface area contributed by atoms with Gasteiger partial charge in [0.25, 0.3) is 0 Å². The highest BCUT2D eigenvalue weighted by atomic mass is 32.2. The smallest absolute Gasteiger partial charge is 0.243 e. The number of hydrogen-bond donors (Lipinski definition) is 1. The van der Waals surface area contributed by atoms with Crippen molar-refractivity contribution in [3.63, 3.8) is 0 Å². The lowest BCUT2D eigenvalue weighted by Gasteiger charge is -2.21. The molecule has 2 atom stereocenters. The van der Waals surface area contributed by atoms with Gasteiger partial charge in [-0.3, -0.25) is 0 Å². The molecule has 5 heteroatoms. The van der Waals surface area contributed by atoms with E-state index in [4.69, 9.17) is 5.73 Å². The third-order valence-electron chi connectivity index (χ3n) is 4.41. The second kappa shape index (κ2) is 6.90. The number of benzene rings is 1. The minimum Gasteiger partial charge on any atom is -0.324 e. The van der Waals surface area contributed by atoms with Crippen molar-refractivity contribution in [2.75, 3.05) is 13.1 Å². The summed E-state index contributed by atoms with van der Waals surface area (Å²) in [5.74, 6) is 0.653. The van der Waals surface area contributed by atoms with Gasteiger partial charge in [0.15, 0.2) is 0 Å². The monoisotopic (exact) mass is 310 g/mol. The molecule has 118 valence electrons. The topological polar surface area (TPSA) is 63.4 Å². The van der Waals surface area contributed by atoms with Crippen molar-refractivity contribution in [1.82, 2.24) is 4.31 Å². The Kier molecular flexibility index (Phi) is 5.41. The van der Waals surface area contributed by atoms with Gasteiger partial charge >= 0.3 is 0 Å². The van der Waals surface area contributed by atoms with Crippen LogP contribution in [-0.2, 0) is 10.0 Å². The van der Waals surface area contributed by atoms with Gasteiger partial charge in [0.1, 0.15) is 0 Å². The first-order chi connectivity index (χ1) is 9.95. The van der Waals surface area contributed by atoms with Gasteiger partial charge in [-0.05, 0) is 49.8 Å². The lowest BCUT2D eigenvalue weighted by Crippen LogP contribution is -2.32. The minimum atomic E-state index is -3.40. The number of nitrogens with zero attached hydrogens (tertiary/aromatic N) is 1. The van der Waals surface area contributed by atoms with Gasteiger partial charge in [-0.15, -0.1) is 0 Å². The van der Waals surface area contributed by atoms with E-state index >= 15 is 0 Å². The van der Waals surface area contributed by atoms with E-state index in [-0.39, 0.29) is 6.04 Å². The number of rotatable bonds is 4. The molecule has 0 amide bonds. The Hall–Kier alpha value is -0.910. The van der Waals surface area contributed by atoms with E-state index in [2.05, 4.69) is 6.92 Å². The molecule has 1 aromatic carbocycles. The Balaban J connectivity index is 2.23. The summed E-state index contributed by atoms with van der Waals surface area (Å²) in [6.45, 7) is 5.30. The van der Waals surface area contributed by atoms with E-state index in [1.165, 1.54) is 0 Å². The van der Waals surface area contributed by atoms with E-state index in [9.17, 15) is 8.42 Å². The molecule has 1 aliphatic heterocycles. The highest BCUT2D eigenvalue weighted by Crippen LogP contribution is 2.25. The van der Waals surface area contributed by atoms with Crippen LogP contribution in [0.2, 0.25) is 0 Å². The highest BCUT2D eigenvalue weighted by molar-refractivity contribution is 7.89. The maximum absolute atomic E-state index is 12.8. The first kappa shape index (κ1) is 16.5. The van der Waals surface area contributed by atoms with E-state index < -0.39 is 10.0 Å². The molecule has 0 aromatic heterocycles. The van der Waals surface area contributed by atoms with Crippen LogP contribution >= 0.6 is 0 Å². The second-order valence-corrected chi connectivity index (χ2v) is 7.91. The zero-order valence-corrected chi connectivity index (χ0v) is 13.8. The van der Waals surface area contributed by atoms with Crippen molar-refractivity contribution in [3.8, 4) is 0 Å². The summed E-state index contributed by atoms with van der Waals surface area (Å²) < 4.78 is 27.2. The SMILES string of the molecule is CCC1CCCN(S(=O)(=O)c2cccc(C(C)N)c2)CC1. The van der Waals surface area contributed by atoms with Gasteiger partial charge in [0.05, 0.1) is 4.90 Å². The van der Waals surface area contributed by atoms with Crippen LogP contribution in [0.5, 0.6) is 0 Å². The van der Waals surface area contributed by atoms with Crippen LogP contribution in [0, 0.1) is 5.92 Å². The molecule has 1 heterocycles. The van der Waals surface area contributed by atoms with Gasteiger partial charge in [-0.1, -0.05) is 25.5 Å². The van der Waals surface area contributed by atoms with Crippen LogP contribution in [0.15, 0.2) is 29.2 Å². The third kappa shape index (κ3) is 3.84. The average molecular weight is 310 g/mol. The molecule has 2 N–H and O–H groups in total. The summed E-state index contributed by atoms with van der Waals surface area (Å²) >= 11 is 0. The molecule has 0 radical (unpaired) electrons. The number of nitrogens with two attached hydrogens (primary N) is 1. The van der Waals surface area contributed by atoms with Crippen molar-refractivity contribution < 1.29 is 8.42 Å². The molecule has 0 bridgehead atoms. The zero-order chi connectivity index (χ0) is 15.5. The third-order valence-corrected chi connectivity index (χ3v) is 6.30. The van der Waals surface area contributed by atoms with E-state index in [0.717, 1.165) is 31.2 Å². The van der Waals surface area contributed by atoms with Gasteiger partial charge in [0, 0.05) is 19.1 Å². The molecule has 21 heavy (non-hydrogen) atoms. The van der Waals surface area contributed by atoms with Crippen molar-refractivity contribution >= 4 is 10.0 Å². The molecule has 2 unspecified atom stereocenters. The Morgan fingerprint density at radius 3 is 2.76 bits per heavy atom. The van der Waals surface area contributed by atoms with Crippen LogP contribution in [0.25, 0.3) is 0 Å². The predicted molar refractivity (Wildman–Crippen MR) is 85.4 cm³/mol. The van der Waals surface area contributed by atoms with Gasteiger partial charge in [0.2, 0.25) is 10.0 Å². The van der Waals surface area contributed by atoms with Gasteiger partial charge in [-0.25, -0.2) is 8.42 Å². The fraction of sp³-hybridized carbons (Fsp3) is 0.625. The number of hydrogen-bond acceptors (Lipinski definition) is 3. The van der Waals surface area contributed by atoms with Crippen molar-refractivity contribution in [3.05, 3.63) is 29.8 Å². The van der Waals surface area contributed by atoms with Crippen LogP contribution < -0.4 is 5.73 Å². The van der Waals surface area contributed by atoms with Crippen LogP contribution in [-0.4, -0.2) is 25.8 Å². The lowest BCUT2D eigenvalue weighted by atomic mass is 9.98. The quantitative estimate of drug-likeness (QED) is 0.930. The van der Waals surface area contributed by atoms with Gasteiger partial charge in [-0.2, -0.15) is 4.31 Å². The Labute approximate surface area is 128 Å². The Bertz CT molecular complexity index is 569. The molecule has 0 saturated carbocycles. The summed E-state index contributed by atoms with van der Waals surface area (Å²) in [6, 6.07) is 6.87. The van der Waals surface area contributed by atoms with Crippen LogP contribution in [0.1, 0.15) is 51.1 Å². The Morgan fingerprint density at radius 1 is 1.33 bits per heavy atom. The van der Waals surface area contributed by atoms with E-state index in [0.29, 0.717) is 23.9 Å². The summed E-state index contributed by atoms with van der Waals surface area (Å²) in [5, 5.41) is 0. The fourth-order valence-electron chi connectivity index (χ4n) is 2.89. The van der Waals surface area contributed by atoms with Crippen molar-refractivity contribution in [1.29, 1.82) is 0 Å². The summed E-state index contributed by atoms with van der Waals surface area (Å²) in [5.41, 5.74) is 6.72. The largest absolute Gasteiger partial charge is 0.324 e. The molecule has 1 saturated heterocycles. The van der Waals surface area contributed by atoms with Crippen LogP contribution in [0.3, 0.4) is 0 Å². The minimum absolute atomic E-state index is 0.159. The normalized spacial score (nSPS) is 22.7. The molecule has 2 rings (SSSR count). The average Bonchev–Trinajstić information content (AvgIpc) is 2.73. The molecule has 0 spiro atoms. The van der Waals surface area contributed by atoms with Gasteiger partial charge < -0.3 is 5.73 Å². The van der Waals surface area contributed by atoms with E-state index in [1.54, 1.807) is 22.5 Å². The summed E-state index contributed by atoms with van der Waals surface area (Å²) in [7, 11) is -3.40. The lowest BCUT2D eigenvalue weighted by molar-refractivity contribution is 0.407. The molecule has 0 aliphatic carbocycles. The summed E-state index contributed by atoms with van der Waals surface area (Å²) in [4.78, 5) is 0.368. The predicted octanol–water partition coefficient (Wildman–Crippen LogP) is 2.91. The molecule has 4 nitrogen and oxygen atoms in total. The molecule has 1 aromatic rings. The molecular weight excluding hydrogens is 284 g/mol. The van der Waals surface area contributed by atoms with Crippen molar-refractivity contribution in [2.45, 2.75) is 50.5 Å². The highest BCUT2D eigenvalue weighted by Gasteiger charge is 2.27. The first-order valence-electron chi connectivity index (χ1n) is 7.81. The van der Waals surface area contributed by atoms with E-state index in [1.807, 2.05) is 13.0 Å². The maximum atomic E-state index is 12.8. The fourth-order valence-corrected chi connectivity index (χ4v) is 4.44. The zero-order valence-electron chi connectivity index (χ0n) is 13.0. The van der Waals surface area contributed by atoms with Crippen LogP contribution in [0.4, 0.5) is 0 Å². The second-order valence-electron chi connectivity index (χ2n) is 5.97. The first-order valence-corrected chi connectivity index (χ1v) is 9.25. The molecule has 1 fully saturated rings. The standard InChI is InChI=1S/C16H26N2O2S/c1-3-14-6-5-10-18(11-9-14)21(19,20)16-8-4-7-15(12-16)13(2)17/h4,7-8,12-14H,3,5-6,9-11,17H2,1-2H3. The molecular formula is C16H26N2O2S. The molecule has 1 aliphatic rings.